The van der Waals surface area contributed by atoms with E-state index in [1.165, 1.54) is 17.7 Å². The van der Waals surface area contributed by atoms with Crippen LogP contribution in [0.1, 0.15) is 86.8 Å². The number of benzene rings is 2. The zero-order valence-electron chi connectivity index (χ0n) is 21.3. The van der Waals surface area contributed by atoms with E-state index in [-0.39, 0.29) is 17.3 Å². The molecule has 0 bridgehead atoms. The number of nitrogens with zero attached hydrogens (tertiary/aromatic N) is 2. The summed E-state index contributed by atoms with van der Waals surface area (Å²) in [5.74, 6) is 0.792. The molecule has 2 aromatic rings. The Kier molecular flexibility index (Phi) is 7.37. The fourth-order valence-corrected chi connectivity index (χ4v) is 5.75. The van der Waals surface area contributed by atoms with E-state index in [1.54, 1.807) is 12.1 Å². The van der Waals surface area contributed by atoms with Gasteiger partial charge in [0.2, 0.25) is 0 Å². The number of aldehydes is 2. The normalized spacial score (nSPS) is 24.3. The molecule has 2 aliphatic rings. The van der Waals surface area contributed by atoms with E-state index in [0.29, 0.717) is 28.7 Å². The van der Waals surface area contributed by atoms with E-state index in [2.05, 4.69) is 44.9 Å². The van der Waals surface area contributed by atoms with Crippen LogP contribution in [0.25, 0.3) is 0 Å². The third-order valence-electron chi connectivity index (χ3n) is 8.15. The van der Waals surface area contributed by atoms with Crippen molar-refractivity contribution >= 4 is 18.3 Å². The van der Waals surface area contributed by atoms with Gasteiger partial charge in [0, 0.05) is 17.2 Å². The monoisotopic (exact) mass is 476 g/mol. The molecule has 35 heavy (non-hydrogen) atoms. The summed E-state index contributed by atoms with van der Waals surface area (Å²) in [5.41, 5.74) is 2.57. The average molecular weight is 477 g/mol. The molecule has 0 radical (unpaired) electrons. The lowest BCUT2D eigenvalue weighted by atomic mass is 9.69. The van der Waals surface area contributed by atoms with Crippen LogP contribution in [0.5, 0.6) is 0 Å². The second kappa shape index (κ2) is 10.1. The first-order valence-electron chi connectivity index (χ1n) is 12.8. The maximum atomic E-state index is 13.6. The quantitative estimate of drug-likeness (QED) is 0.317. The molecule has 1 unspecified atom stereocenters. The zero-order chi connectivity index (χ0) is 25.2. The molecule has 4 rings (SSSR count). The standard InChI is InChI=1S/C30H37FN2O2/c1-29(2,3)25-15-17-30(18-16-25,32-27(20-35)22-11-13-26(31)14-12-22)33(4)28(24-9-10-24)23-7-5-21(19-34)6-8-23/h5-8,11-14,19-20,24-25,28H,9-10,15-18H2,1-4H3/b32-27+. The summed E-state index contributed by atoms with van der Waals surface area (Å²) >= 11 is 0. The lowest BCUT2D eigenvalue weighted by Gasteiger charge is -2.49. The molecular formula is C30H37FN2O2. The minimum Gasteiger partial charge on any atom is -0.298 e. The molecule has 4 nitrogen and oxygen atoms in total. The Hall–Kier alpha value is -2.66. The molecular weight excluding hydrogens is 439 g/mol. The molecule has 2 fully saturated rings. The minimum absolute atomic E-state index is 0.159. The fraction of sp³-hybridized carbons (Fsp3) is 0.500. The summed E-state index contributed by atoms with van der Waals surface area (Å²) in [4.78, 5) is 31.0. The summed E-state index contributed by atoms with van der Waals surface area (Å²) in [5, 5.41) is 0. The van der Waals surface area contributed by atoms with Crippen LogP contribution < -0.4 is 0 Å². The van der Waals surface area contributed by atoms with E-state index >= 15 is 0 Å². The van der Waals surface area contributed by atoms with Crippen molar-refractivity contribution in [2.75, 3.05) is 7.05 Å². The summed E-state index contributed by atoms with van der Waals surface area (Å²) < 4.78 is 13.6. The summed E-state index contributed by atoms with van der Waals surface area (Å²) in [6.07, 6.45) is 7.80. The predicted octanol–water partition coefficient (Wildman–Crippen LogP) is 6.64. The maximum Gasteiger partial charge on any atom is 0.168 e. The van der Waals surface area contributed by atoms with Gasteiger partial charge >= 0.3 is 0 Å². The zero-order valence-corrected chi connectivity index (χ0v) is 21.3. The van der Waals surface area contributed by atoms with Gasteiger partial charge in [0.05, 0.1) is 0 Å². The lowest BCUT2D eigenvalue weighted by molar-refractivity contribution is -0.102. The Labute approximate surface area is 208 Å². The fourth-order valence-electron chi connectivity index (χ4n) is 5.75. The van der Waals surface area contributed by atoms with Gasteiger partial charge in [0.1, 0.15) is 23.5 Å². The highest BCUT2D eigenvalue weighted by atomic mass is 19.1. The van der Waals surface area contributed by atoms with Crippen LogP contribution in [-0.2, 0) is 4.79 Å². The highest BCUT2D eigenvalue weighted by Gasteiger charge is 2.47. The molecule has 5 heteroatoms. The Morgan fingerprint density at radius 2 is 1.60 bits per heavy atom. The molecule has 0 heterocycles. The maximum absolute atomic E-state index is 13.6. The number of rotatable bonds is 8. The van der Waals surface area contributed by atoms with Crippen LogP contribution >= 0.6 is 0 Å². The first-order valence-corrected chi connectivity index (χ1v) is 12.8. The smallest absolute Gasteiger partial charge is 0.168 e. The molecule has 0 N–H and O–H groups in total. The van der Waals surface area contributed by atoms with Crippen molar-refractivity contribution in [1.82, 2.24) is 4.90 Å². The number of aliphatic imine (C=N–C) groups is 1. The first-order chi connectivity index (χ1) is 16.7. The molecule has 0 amide bonds. The third kappa shape index (κ3) is 5.61. The Morgan fingerprint density at radius 3 is 2.09 bits per heavy atom. The molecule has 2 aliphatic carbocycles. The molecule has 2 saturated carbocycles. The van der Waals surface area contributed by atoms with Gasteiger partial charge in [-0.25, -0.2) is 4.39 Å². The number of carbonyl (C=O) groups excluding carboxylic acids is 2. The molecule has 2 aromatic carbocycles. The van der Waals surface area contributed by atoms with Crippen LogP contribution in [0.2, 0.25) is 0 Å². The molecule has 0 spiro atoms. The van der Waals surface area contributed by atoms with E-state index in [1.807, 2.05) is 12.1 Å². The van der Waals surface area contributed by atoms with Gasteiger partial charge in [-0.3, -0.25) is 19.5 Å². The van der Waals surface area contributed by atoms with Crippen molar-refractivity contribution in [2.45, 2.75) is 71.0 Å². The lowest BCUT2D eigenvalue weighted by Crippen LogP contribution is -2.51. The molecule has 0 aliphatic heterocycles. The third-order valence-corrected chi connectivity index (χ3v) is 8.15. The largest absolute Gasteiger partial charge is 0.298 e. The number of halogens is 1. The first kappa shape index (κ1) is 25.4. The highest BCUT2D eigenvalue weighted by molar-refractivity contribution is 6.36. The Morgan fingerprint density at radius 1 is 1.00 bits per heavy atom. The highest BCUT2D eigenvalue weighted by Crippen LogP contribution is 2.51. The van der Waals surface area contributed by atoms with Gasteiger partial charge in [-0.1, -0.05) is 45.0 Å². The van der Waals surface area contributed by atoms with Crippen molar-refractivity contribution in [3.63, 3.8) is 0 Å². The van der Waals surface area contributed by atoms with Gasteiger partial charge < -0.3 is 0 Å². The molecule has 186 valence electrons. The topological polar surface area (TPSA) is 49.7 Å². The second-order valence-electron chi connectivity index (χ2n) is 11.4. The van der Waals surface area contributed by atoms with Gasteiger partial charge in [0.15, 0.2) is 6.29 Å². The van der Waals surface area contributed by atoms with Gasteiger partial charge in [-0.2, -0.15) is 0 Å². The minimum atomic E-state index is -0.525. The van der Waals surface area contributed by atoms with Crippen LogP contribution in [-0.4, -0.2) is 35.9 Å². The van der Waals surface area contributed by atoms with E-state index in [0.717, 1.165) is 51.1 Å². The van der Waals surface area contributed by atoms with E-state index < -0.39 is 5.66 Å². The molecule has 0 saturated heterocycles. The van der Waals surface area contributed by atoms with Crippen LogP contribution in [0, 0.1) is 23.1 Å². The Balaban J connectivity index is 1.75. The number of hydrogen-bond donors (Lipinski definition) is 0. The van der Waals surface area contributed by atoms with Crippen LogP contribution in [0.3, 0.4) is 0 Å². The van der Waals surface area contributed by atoms with Crippen molar-refractivity contribution in [2.24, 2.45) is 22.2 Å². The average Bonchev–Trinajstić information content (AvgIpc) is 3.68. The van der Waals surface area contributed by atoms with Crippen molar-refractivity contribution < 1.29 is 14.0 Å². The predicted molar refractivity (Wildman–Crippen MR) is 138 cm³/mol. The van der Waals surface area contributed by atoms with Gasteiger partial charge in [-0.15, -0.1) is 0 Å². The number of hydrogen-bond acceptors (Lipinski definition) is 4. The van der Waals surface area contributed by atoms with Gasteiger partial charge in [0.25, 0.3) is 0 Å². The van der Waals surface area contributed by atoms with E-state index in [4.69, 9.17) is 4.99 Å². The van der Waals surface area contributed by atoms with Crippen molar-refractivity contribution in [3.05, 3.63) is 71.0 Å². The number of carbonyl (C=O) groups is 2. The van der Waals surface area contributed by atoms with Crippen molar-refractivity contribution in [3.8, 4) is 0 Å². The van der Waals surface area contributed by atoms with Crippen LogP contribution in [0.4, 0.5) is 4.39 Å². The van der Waals surface area contributed by atoms with Crippen LogP contribution in [0.15, 0.2) is 53.5 Å². The molecule has 1 atom stereocenters. The van der Waals surface area contributed by atoms with E-state index in [9.17, 15) is 14.0 Å². The summed E-state index contributed by atoms with van der Waals surface area (Å²) in [6.45, 7) is 6.90. The summed E-state index contributed by atoms with van der Waals surface area (Å²) in [7, 11) is 2.14. The van der Waals surface area contributed by atoms with Gasteiger partial charge in [-0.05, 0) is 92.7 Å². The molecule has 0 aromatic heterocycles. The summed E-state index contributed by atoms with van der Waals surface area (Å²) in [6, 6.07) is 14.1. The Bertz CT molecular complexity index is 1060. The van der Waals surface area contributed by atoms with Crippen molar-refractivity contribution in [1.29, 1.82) is 0 Å². The SMILES string of the molecule is CN(C(c1ccc(C=O)cc1)C1CC1)C1(/N=C(\C=O)c2ccc(F)cc2)CCC(C(C)(C)C)CC1. The second-order valence-corrected chi connectivity index (χ2v) is 11.4.